The first-order valence-corrected chi connectivity index (χ1v) is 5.47. The quantitative estimate of drug-likeness (QED) is 0.471. The largest absolute Gasteiger partial charge is 0.348 e. The Hall–Kier alpha value is -2.37. The smallest absolute Gasteiger partial charge is 0.271 e. The Labute approximate surface area is 104 Å². The van der Waals surface area contributed by atoms with Crippen LogP contribution >= 0.6 is 0 Å². The minimum atomic E-state index is -0.415. The van der Waals surface area contributed by atoms with Gasteiger partial charge < -0.3 is 9.47 Å². The molecule has 0 saturated heterocycles. The van der Waals surface area contributed by atoms with Crippen LogP contribution in [0.25, 0.3) is 11.0 Å². The number of nitro benzene ring substituents is 1. The van der Waals surface area contributed by atoms with Crippen LogP contribution in [0.4, 0.5) is 11.6 Å². The van der Waals surface area contributed by atoms with Crippen molar-refractivity contribution in [3.63, 3.8) is 0 Å². The van der Waals surface area contributed by atoms with Gasteiger partial charge in [0.05, 0.1) is 16.0 Å². The molecular weight excluding hydrogens is 232 g/mol. The van der Waals surface area contributed by atoms with E-state index in [1.54, 1.807) is 12.1 Å². The highest BCUT2D eigenvalue weighted by Gasteiger charge is 2.14. The van der Waals surface area contributed by atoms with Crippen LogP contribution < -0.4 is 4.90 Å². The van der Waals surface area contributed by atoms with Gasteiger partial charge in [0.2, 0.25) is 5.95 Å². The van der Waals surface area contributed by atoms with Gasteiger partial charge in [-0.2, -0.15) is 0 Å². The molecule has 2 rings (SSSR count). The molecule has 0 atom stereocenters. The van der Waals surface area contributed by atoms with E-state index >= 15 is 0 Å². The van der Waals surface area contributed by atoms with Crippen molar-refractivity contribution >= 4 is 22.7 Å². The first-order chi connectivity index (χ1) is 8.54. The van der Waals surface area contributed by atoms with Crippen molar-refractivity contribution in [1.29, 1.82) is 0 Å². The second kappa shape index (κ2) is 4.48. The van der Waals surface area contributed by atoms with E-state index in [4.69, 9.17) is 0 Å². The highest BCUT2D eigenvalue weighted by Crippen LogP contribution is 2.25. The Morgan fingerprint density at radius 3 is 2.83 bits per heavy atom. The van der Waals surface area contributed by atoms with E-state index in [2.05, 4.69) is 11.6 Å². The number of rotatable bonds is 4. The SMILES string of the molecule is C=CCn1c(N(C)C)nc2cc([N+](=O)[O-])ccc21. The van der Waals surface area contributed by atoms with Gasteiger partial charge in [-0.1, -0.05) is 6.08 Å². The summed E-state index contributed by atoms with van der Waals surface area (Å²) in [4.78, 5) is 16.6. The maximum absolute atomic E-state index is 10.7. The average Bonchev–Trinajstić information content (AvgIpc) is 2.68. The van der Waals surface area contributed by atoms with Crippen molar-refractivity contribution in [1.82, 2.24) is 9.55 Å². The van der Waals surface area contributed by atoms with E-state index in [0.717, 1.165) is 11.5 Å². The van der Waals surface area contributed by atoms with Crippen molar-refractivity contribution in [3.8, 4) is 0 Å². The lowest BCUT2D eigenvalue weighted by atomic mass is 10.3. The van der Waals surface area contributed by atoms with E-state index in [9.17, 15) is 10.1 Å². The highest BCUT2D eigenvalue weighted by molar-refractivity contribution is 5.81. The third-order valence-electron chi connectivity index (χ3n) is 2.63. The maximum atomic E-state index is 10.7. The zero-order valence-corrected chi connectivity index (χ0v) is 10.3. The molecule has 1 aromatic carbocycles. The summed E-state index contributed by atoms with van der Waals surface area (Å²) in [6.07, 6.45) is 1.77. The molecule has 18 heavy (non-hydrogen) atoms. The Bertz CT molecular complexity index is 616. The zero-order chi connectivity index (χ0) is 13.3. The molecule has 1 aromatic heterocycles. The second-order valence-corrected chi connectivity index (χ2v) is 4.14. The molecule has 0 aliphatic rings. The maximum Gasteiger partial charge on any atom is 0.271 e. The van der Waals surface area contributed by atoms with Gasteiger partial charge in [-0.3, -0.25) is 10.1 Å². The third-order valence-corrected chi connectivity index (χ3v) is 2.63. The summed E-state index contributed by atoms with van der Waals surface area (Å²) in [6.45, 7) is 4.33. The van der Waals surface area contributed by atoms with Crippen molar-refractivity contribution in [2.75, 3.05) is 19.0 Å². The standard InChI is InChI=1S/C12H14N4O2/c1-4-7-15-11-6-5-9(16(17)18)8-10(11)13-12(15)14(2)3/h4-6,8H,1,7H2,2-3H3. The molecule has 0 aliphatic heterocycles. The molecule has 0 bridgehead atoms. The van der Waals surface area contributed by atoms with E-state index < -0.39 is 4.92 Å². The molecule has 94 valence electrons. The van der Waals surface area contributed by atoms with Crippen molar-refractivity contribution in [3.05, 3.63) is 41.0 Å². The number of nitro groups is 1. The molecule has 1 heterocycles. The van der Waals surface area contributed by atoms with Crippen molar-refractivity contribution in [2.45, 2.75) is 6.54 Å². The molecule has 0 aliphatic carbocycles. The van der Waals surface area contributed by atoms with Crippen LogP contribution in [0, 0.1) is 10.1 Å². The van der Waals surface area contributed by atoms with Gasteiger partial charge in [0.25, 0.3) is 5.69 Å². The summed E-state index contributed by atoms with van der Waals surface area (Å²) in [6, 6.07) is 4.70. The van der Waals surface area contributed by atoms with Crippen LogP contribution in [0.5, 0.6) is 0 Å². The summed E-state index contributed by atoms with van der Waals surface area (Å²) < 4.78 is 1.96. The topological polar surface area (TPSA) is 64.2 Å². The van der Waals surface area contributed by atoms with Gasteiger partial charge in [-0.05, 0) is 6.07 Å². The van der Waals surface area contributed by atoms with Gasteiger partial charge in [0.15, 0.2) is 0 Å². The Morgan fingerprint density at radius 2 is 2.28 bits per heavy atom. The second-order valence-electron chi connectivity index (χ2n) is 4.14. The fourth-order valence-corrected chi connectivity index (χ4v) is 1.87. The number of anilines is 1. The first-order valence-electron chi connectivity index (χ1n) is 5.47. The van der Waals surface area contributed by atoms with Crippen LogP contribution in [0.3, 0.4) is 0 Å². The van der Waals surface area contributed by atoms with Gasteiger partial charge in [0.1, 0.15) is 0 Å². The number of benzene rings is 1. The van der Waals surface area contributed by atoms with Crippen molar-refractivity contribution in [2.24, 2.45) is 0 Å². The number of fused-ring (bicyclic) bond motifs is 1. The van der Waals surface area contributed by atoms with Gasteiger partial charge in [-0.25, -0.2) is 4.98 Å². The molecule has 0 spiro atoms. The number of hydrogen-bond acceptors (Lipinski definition) is 4. The molecule has 2 aromatic rings. The summed E-state index contributed by atoms with van der Waals surface area (Å²) in [5.41, 5.74) is 1.54. The predicted molar refractivity (Wildman–Crippen MR) is 70.9 cm³/mol. The molecule has 6 nitrogen and oxygen atoms in total. The van der Waals surface area contributed by atoms with Crippen LogP contribution in [-0.2, 0) is 6.54 Å². The van der Waals surface area contributed by atoms with Crippen LogP contribution in [-0.4, -0.2) is 28.6 Å². The van der Waals surface area contributed by atoms with Crippen LogP contribution in [0.1, 0.15) is 0 Å². The van der Waals surface area contributed by atoms with E-state index in [0.29, 0.717) is 12.1 Å². The number of non-ortho nitro benzene ring substituents is 1. The summed E-state index contributed by atoms with van der Waals surface area (Å²) in [5, 5.41) is 10.7. The Balaban J connectivity index is 2.67. The normalized spacial score (nSPS) is 10.6. The number of aromatic nitrogens is 2. The lowest BCUT2D eigenvalue weighted by molar-refractivity contribution is -0.384. The minimum absolute atomic E-state index is 0.0519. The lowest BCUT2D eigenvalue weighted by Crippen LogP contribution is -2.15. The number of hydrogen-bond donors (Lipinski definition) is 0. The highest BCUT2D eigenvalue weighted by atomic mass is 16.6. The Morgan fingerprint density at radius 1 is 1.56 bits per heavy atom. The third kappa shape index (κ3) is 1.92. The molecule has 0 radical (unpaired) electrons. The lowest BCUT2D eigenvalue weighted by Gasteiger charge is -2.13. The van der Waals surface area contributed by atoms with E-state index in [1.807, 2.05) is 23.6 Å². The first kappa shape index (κ1) is 12.1. The number of allylic oxidation sites excluding steroid dienone is 1. The van der Waals surface area contributed by atoms with E-state index in [-0.39, 0.29) is 5.69 Å². The molecule has 6 heteroatoms. The van der Waals surface area contributed by atoms with Crippen molar-refractivity contribution < 1.29 is 4.92 Å². The number of imidazole rings is 1. The van der Waals surface area contributed by atoms with Crippen LogP contribution in [0.15, 0.2) is 30.9 Å². The molecule has 0 amide bonds. The summed E-state index contributed by atoms with van der Waals surface area (Å²) >= 11 is 0. The fourth-order valence-electron chi connectivity index (χ4n) is 1.87. The zero-order valence-electron chi connectivity index (χ0n) is 10.3. The molecule has 0 saturated carbocycles. The molecular formula is C12H14N4O2. The fraction of sp³-hybridized carbons (Fsp3) is 0.250. The summed E-state index contributed by atoms with van der Waals surface area (Å²) in [5.74, 6) is 0.755. The van der Waals surface area contributed by atoms with Gasteiger partial charge in [0, 0.05) is 32.8 Å². The molecule has 0 N–H and O–H groups in total. The Kier molecular flexibility index (Phi) is 3.01. The molecule has 0 unspecified atom stereocenters. The average molecular weight is 246 g/mol. The summed E-state index contributed by atoms with van der Waals surface area (Å²) in [7, 11) is 3.77. The monoisotopic (exact) mass is 246 g/mol. The van der Waals surface area contributed by atoms with Gasteiger partial charge in [-0.15, -0.1) is 6.58 Å². The van der Waals surface area contributed by atoms with E-state index in [1.165, 1.54) is 12.1 Å². The van der Waals surface area contributed by atoms with Gasteiger partial charge >= 0.3 is 0 Å². The number of nitrogens with zero attached hydrogens (tertiary/aromatic N) is 4. The predicted octanol–water partition coefficient (Wildman–Crippen LogP) is 2.20. The minimum Gasteiger partial charge on any atom is -0.348 e. The van der Waals surface area contributed by atoms with Crippen LogP contribution in [0.2, 0.25) is 0 Å². The molecule has 0 fully saturated rings.